The minimum atomic E-state index is -0.0957. The van der Waals surface area contributed by atoms with Gasteiger partial charge in [0.25, 0.3) is 0 Å². The summed E-state index contributed by atoms with van der Waals surface area (Å²) in [5, 5.41) is 5.43. The Morgan fingerprint density at radius 2 is 1.91 bits per heavy atom. The lowest BCUT2D eigenvalue weighted by molar-refractivity contribution is 0.203. The normalized spacial score (nSPS) is 10.7. The molecule has 0 atom stereocenters. The van der Waals surface area contributed by atoms with Gasteiger partial charge in [0.2, 0.25) is 0 Å². The first-order valence-electron chi connectivity index (χ1n) is 7.72. The van der Waals surface area contributed by atoms with Gasteiger partial charge in [-0.1, -0.05) is 42.5 Å². The Labute approximate surface area is 135 Å². The first-order chi connectivity index (χ1) is 11.2. The average molecular weight is 308 g/mol. The number of amides is 2. The lowest BCUT2D eigenvalue weighted by Gasteiger charge is -2.17. The summed E-state index contributed by atoms with van der Waals surface area (Å²) >= 11 is 0. The highest BCUT2D eigenvalue weighted by atomic mass is 16.3. The van der Waals surface area contributed by atoms with E-state index in [0.29, 0.717) is 13.1 Å². The first-order valence-corrected chi connectivity index (χ1v) is 7.72. The van der Waals surface area contributed by atoms with E-state index in [1.165, 1.54) is 16.3 Å². The zero-order chi connectivity index (χ0) is 16.1. The van der Waals surface area contributed by atoms with Crippen molar-refractivity contribution >= 4 is 16.8 Å². The smallest absolute Gasteiger partial charge is 0.317 e. The largest absolute Gasteiger partial charge is 0.467 e. The molecule has 1 aromatic heterocycles. The minimum absolute atomic E-state index is 0.0957. The SMILES string of the molecule is CN(Cc1ccco1)C(=O)NCCc1cccc2ccccc12. The van der Waals surface area contributed by atoms with E-state index in [4.69, 9.17) is 4.42 Å². The van der Waals surface area contributed by atoms with E-state index in [-0.39, 0.29) is 6.03 Å². The number of urea groups is 1. The second-order valence-corrected chi connectivity index (χ2v) is 5.56. The highest BCUT2D eigenvalue weighted by molar-refractivity contribution is 5.85. The zero-order valence-electron chi connectivity index (χ0n) is 13.2. The Bertz CT molecular complexity index is 776. The summed E-state index contributed by atoms with van der Waals surface area (Å²) in [6.07, 6.45) is 2.42. The Kier molecular flexibility index (Phi) is 4.62. The fraction of sp³-hybridized carbons (Fsp3) is 0.211. The van der Waals surface area contributed by atoms with E-state index >= 15 is 0 Å². The van der Waals surface area contributed by atoms with Gasteiger partial charge in [0.1, 0.15) is 5.76 Å². The van der Waals surface area contributed by atoms with E-state index in [1.54, 1.807) is 18.2 Å². The van der Waals surface area contributed by atoms with Crippen LogP contribution in [-0.2, 0) is 13.0 Å². The summed E-state index contributed by atoms with van der Waals surface area (Å²) in [7, 11) is 1.76. The number of hydrogen-bond acceptors (Lipinski definition) is 2. The van der Waals surface area contributed by atoms with E-state index < -0.39 is 0 Å². The molecule has 2 aromatic carbocycles. The van der Waals surface area contributed by atoms with Crippen LogP contribution in [0.3, 0.4) is 0 Å². The molecule has 0 aliphatic heterocycles. The molecule has 0 radical (unpaired) electrons. The van der Waals surface area contributed by atoms with Gasteiger partial charge in [0, 0.05) is 13.6 Å². The van der Waals surface area contributed by atoms with Crippen molar-refractivity contribution in [1.29, 1.82) is 0 Å². The molecule has 0 spiro atoms. The molecular formula is C19H20N2O2. The molecule has 118 valence electrons. The number of benzene rings is 2. The van der Waals surface area contributed by atoms with Gasteiger partial charge in [0.05, 0.1) is 12.8 Å². The van der Waals surface area contributed by atoms with Crippen molar-refractivity contribution in [3.63, 3.8) is 0 Å². The van der Waals surface area contributed by atoms with E-state index in [2.05, 4.69) is 35.6 Å². The summed E-state index contributed by atoms with van der Waals surface area (Å²) in [6.45, 7) is 1.07. The van der Waals surface area contributed by atoms with Crippen LogP contribution in [0.2, 0.25) is 0 Å². The van der Waals surface area contributed by atoms with Gasteiger partial charge in [-0.15, -0.1) is 0 Å². The van der Waals surface area contributed by atoms with E-state index in [0.717, 1.165) is 12.2 Å². The maximum absolute atomic E-state index is 12.1. The predicted octanol–water partition coefficient (Wildman–Crippen LogP) is 3.82. The summed E-state index contributed by atoms with van der Waals surface area (Å²) in [5.41, 5.74) is 1.25. The number of nitrogens with zero attached hydrogens (tertiary/aromatic N) is 1. The molecule has 2 amide bonds. The Balaban J connectivity index is 1.55. The van der Waals surface area contributed by atoms with Gasteiger partial charge in [0.15, 0.2) is 0 Å². The molecule has 0 unspecified atom stereocenters. The summed E-state index contributed by atoms with van der Waals surface area (Å²) in [4.78, 5) is 13.7. The third kappa shape index (κ3) is 3.72. The second-order valence-electron chi connectivity index (χ2n) is 5.56. The van der Waals surface area contributed by atoms with Crippen molar-refractivity contribution in [2.24, 2.45) is 0 Å². The van der Waals surface area contributed by atoms with Crippen LogP contribution in [-0.4, -0.2) is 24.5 Å². The number of rotatable bonds is 5. The standard InChI is InChI=1S/C19H20N2O2/c1-21(14-17-9-5-13-23-17)19(22)20-12-11-16-8-4-7-15-6-2-3-10-18(15)16/h2-10,13H,11-12,14H2,1H3,(H,20,22). The maximum atomic E-state index is 12.1. The number of hydrogen-bond donors (Lipinski definition) is 1. The number of carbonyl (C=O) groups excluding carboxylic acids is 1. The molecule has 0 aliphatic rings. The van der Waals surface area contributed by atoms with Crippen molar-refractivity contribution in [2.45, 2.75) is 13.0 Å². The average Bonchev–Trinajstić information content (AvgIpc) is 3.08. The third-order valence-corrected chi connectivity index (χ3v) is 3.87. The van der Waals surface area contributed by atoms with E-state index in [9.17, 15) is 4.79 Å². The molecule has 0 saturated heterocycles. The maximum Gasteiger partial charge on any atom is 0.317 e. The summed E-state index contributed by atoms with van der Waals surface area (Å²) in [5.74, 6) is 0.775. The number of nitrogens with one attached hydrogen (secondary N) is 1. The molecule has 23 heavy (non-hydrogen) atoms. The minimum Gasteiger partial charge on any atom is -0.467 e. The van der Waals surface area contributed by atoms with Crippen LogP contribution in [0.25, 0.3) is 10.8 Å². The van der Waals surface area contributed by atoms with Gasteiger partial charge >= 0.3 is 6.03 Å². The monoisotopic (exact) mass is 308 g/mol. The molecular weight excluding hydrogens is 288 g/mol. The van der Waals surface area contributed by atoms with Crippen molar-refractivity contribution in [3.8, 4) is 0 Å². The molecule has 3 aromatic rings. The topological polar surface area (TPSA) is 45.5 Å². The zero-order valence-corrected chi connectivity index (χ0v) is 13.2. The third-order valence-electron chi connectivity index (χ3n) is 3.87. The van der Waals surface area contributed by atoms with Crippen molar-refractivity contribution in [3.05, 3.63) is 72.2 Å². The fourth-order valence-corrected chi connectivity index (χ4v) is 2.66. The van der Waals surface area contributed by atoms with Gasteiger partial charge in [-0.2, -0.15) is 0 Å². The van der Waals surface area contributed by atoms with Gasteiger partial charge in [-0.05, 0) is 34.9 Å². The van der Waals surface area contributed by atoms with Crippen LogP contribution >= 0.6 is 0 Å². The second kappa shape index (κ2) is 7.01. The first kappa shape index (κ1) is 15.2. The van der Waals surface area contributed by atoms with Crippen LogP contribution in [0.1, 0.15) is 11.3 Å². The van der Waals surface area contributed by atoms with Gasteiger partial charge in [-0.3, -0.25) is 0 Å². The van der Waals surface area contributed by atoms with Crippen LogP contribution < -0.4 is 5.32 Å². The van der Waals surface area contributed by atoms with Crippen LogP contribution in [0, 0.1) is 0 Å². The summed E-state index contributed by atoms with van der Waals surface area (Å²) < 4.78 is 5.25. The van der Waals surface area contributed by atoms with Gasteiger partial charge in [-0.25, -0.2) is 4.79 Å². The molecule has 3 rings (SSSR count). The molecule has 1 N–H and O–H groups in total. The van der Waals surface area contributed by atoms with Gasteiger partial charge < -0.3 is 14.6 Å². The van der Waals surface area contributed by atoms with Crippen LogP contribution in [0.4, 0.5) is 4.79 Å². The molecule has 0 bridgehead atoms. The number of carbonyl (C=O) groups is 1. The highest BCUT2D eigenvalue weighted by Gasteiger charge is 2.10. The Morgan fingerprint density at radius 3 is 2.74 bits per heavy atom. The molecule has 0 aliphatic carbocycles. The molecule has 1 heterocycles. The molecule has 4 nitrogen and oxygen atoms in total. The number of fused-ring (bicyclic) bond motifs is 1. The highest BCUT2D eigenvalue weighted by Crippen LogP contribution is 2.18. The summed E-state index contributed by atoms with van der Waals surface area (Å²) in [6, 6.07) is 18.2. The molecule has 0 saturated carbocycles. The Morgan fingerprint density at radius 1 is 1.09 bits per heavy atom. The lowest BCUT2D eigenvalue weighted by atomic mass is 10.0. The van der Waals surface area contributed by atoms with E-state index in [1.807, 2.05) is 24.3 Å². The fourth-order valence-electron chi connectivity index (χ4n) is 2.66. The quantitative estimate of drug-likeness (QED) is 0.779. The number of furan rings is 1. The Hall–Kier alpha value is -2.75. The van der Waals surface area contributed by atoms with Crippen molar-refractivity contribution < 1.29 is 9.21 Å². The lowest BCUT2D eigenvalue weighted by Crippen LogP contribution is -2.37. The molecule has 4 heteroatoms. The van der Waals surface area contributed by atoms with Crippen LogP contribution in [0.15, 0.2) is 65.3 Å². The van der Waals surface area contributed by atoms with Crippen molar-refractivity contribution in [1.82, 2.24) is 10.2 Å². The van der Waals surface area contributed by atoms with Crippen molar-refractivity contribution in [2.75, 3.05) is 13.6 Å². The molecule has 0 fully saturated rings. The van der Waals surface area contributed by atoms with Crippen LogP contribution in [0.5, 0.6) is 0 Å². The predicted molar refractivity (Wildman–Crippen MR) is 91.2 cm³/mol.